The van der Waals surface area contributed by atoms with Crippen LogP contribution in [0.25, 0.3) is 5.76 Å². The third-order valence-corrected chi connectivity index (χ3v) is 4.77. The van der Waals surface area contributed by atoms with Crippen LogP contribution >= 0.6 is 11.6 Å². The van der Waals surface area contributed by atoms with Gasteiger partial charge in [-0.25, -0.2) is 0 Å². The Balaban J connectivity index is 1.94. The molecule has 1 fully saturated rings. The van der Waals surface area contributed by atoms with Crippen LogP contribution in [0.4, 0.5) is 5.69 Å². The minimum atomic E-state index is -1.03. The van der Waals surface area contributed by atoms with Gasteiger partial charge < -0.3 is 14.6 Å². The lowest BCUT2D eigenvalue weighted by molar-refractivity contribution is -0.132. The number of aliphatic hydroxyl groups is 1. The molecule has 2 N–H and O–H groups in total. The van der Waals surface area contributed by atoms with Crippen molar-refractivity contribution in [3.8, 4) is 5.75 Å². The number of aromatic hydroxyl groups is 1. The number of ketones is 1. The van der Waals surface area contributed by atoms with E-state index in [-0.39, 0.29) is 28.5 Å². The van der Waals surface area contributed by atoms with Crippen LogP contribution in [0, 0.1) is 0 Å². The number of carbonyl (C=O) groups is 2. The van der Waals surface area contributed by atoms with Crippen molar-refractivity contribution in [2.45, 2.75) is 6.04 Å². The van der Waals surface area contributed by atoms with Gasteiger partial charge >= 0.3 is 0 Å². The number of phenolic OH excluding ortho intramolecular Hbond substituents is 1. The lowest BCUT2D eigenvalue weighted by atomic mass is 9.99. The van der Waals surface area contributed by atoms with Crippen molar-refractivity contribution in [3.05, 3.63) is 88.8 Å². The number of rotatable bonds is 3. The fraction of sp³-hybridized carbons (Fsp3) is 0.0476. The Kier molecular flexibility index (Phi) is 4.41. The maximum absolute atomic E-state index is 12.8. The second-order valence-electron chi connectivity index (χ2n) is 6.18. The second kappa shape index (κ2) is 6.90. The highest BCUT2D eigenvalue weighted by atomic mass is 35.5. The zero-order chi connectivity index (χ0) is 19.8. The fourth-order valence-corrected chi connectivity index (χ4v) is 3.35. The molecule has 0 saturated carbocycles. The third-order valence-electron chi connectivity index (χ3n) is 4.52. The fourth-order valence-electron chi connectivity index (χ4n) is 3.23. The molecule has 2 heterocycles. The number of aliphatic hydroxyl groups excluding tert-OH is 1. The number of phenols is 1. The number of benzene rings is 2. The lowest BCUT2D eigenvalue weighted by Gasteiger charge is -2.24. The van der Waals surface area contributed by atoms with Gasteiger partial charge in [-0.3, -0.25) is 14.5 Å². The van der Waals surface area contributed by atoms with Crippen molar-refractivity contribution in [3.63, 3.8) is 0 Å². The second-order valence-corrected chi connectivity index (χ2v) is 6.62. The molecule has 1 aliphatic heterocycles. The Morgan fingerprint density at radius 1 is 1.00 bits per heavy atom. The predicted octanol–water partition coefficient (Wildman–Crippen LogP) is 4.26. The van der Waals surface area contributed by atoms with Crippen LogP contribution in [-0.2, 0) is 9.59 Å². The molecule has 6 nitrogen and oxygen atoms in total. The predicted molar refractivity (Wildman–Crippen MR) is 103 cm³/mol. The number of halogens is 1. The molecule has 1 amide bonds. The highest BCUT2D eigenvalue weighted by Gasteiger charge is 2.48. The summed E-state index contributed by atoms with van der Waals surface area (Å²) in [5.41, 5.74) is 0.336. The van der Waals surface area contributed by atoms with Crippen molar-refractivity contribution >= 4 is 34.7 Å². The SMILES string of the molecule is O=C1C(=O)N(c2ccccc2O)C(c2ccco2)/C1=C(/O)c1ccc(Cl)cc1. The molecule has 3 aromatic rings. The van der Waals surface area contributed by atoms with E-state index in [1.54, 1.807) is 48.5 Å². The number of furan rings is 1. The first kappa shape index (κ1) is 17.9. The van der Waals surface area contributed by atoms with Crippen LogP contribution in [0.1, 0.15) is 17.4 Å². The summed E-state index contributed by atoms with van der Waals surface area (Å²) in [6, 6.07) is 14.6. The van der Waals surface area contributed by atoms with Crippen LogP contribution < -0.4 is 4.90 Å². The normalized spacial score (nSPS) is 18.6. The molecule has 0 radical (unpaired) electrons. The molecule has 140 valence electrons. The van der Waals surface area contributed by atoms with Gasteiger partial charge in [-0.1, -0.05) is 23.7 Å². The summed E-state index contributed by atoms with van der Waals surface area (Å²) in [6.07, 6.45) is 1.41. The Hall–Kier alpha value is -3.51. The number of nitrogens with zero attached hydrogens (tertiary/aromatic N) is 1. The molecule has 1 aliphatic rings. The maximum Gasteiger partial charge on any atom is 0.300 e. The molecule has 1 aromatic heterocycles. The van der Waals surface area contributed by atoms with Crippen LogP contribution in [-0.4, -0.2) is 21.9 Å². The van der Waals surface area contributed by atoms with E-state index in [1.165, 1.54) is 18.4 Å². The molecule has 1 unspecified atom stereocenters. The van der Waals surface area contributed by atoms with Gasteiger partial charge in [0.05, 0.1) is 17.5 Å². The molecular weight excluding hydrogens is 382 g/mol. The molecule has 2 aromatic carbocycles. The average Bonchev–Trinajstić information content (AvgIpc) is 3.30. The van der Waals surface area contributed by atoms with Crippen molar-refractivity contribution < 1.29 is 24.2 Å². The first-order chi connectivity index (χ1) is 13.5. The van der Waals surface area contributed by atoms with E-state index in [4.69, 9.17) is 16.0 Å². The Morgan fingerprint density at radius 2 is 1.71 bits per heavy atom. The summed E-state index contributed by atoms with van der Waals surface area (Å²) in [5.74, 6) is -2.00. The van der Waals surface area contributed by atoms with Gasteiger partial charge in [0.1, 0.15) is 23.3 Å². The number of anilines is 1. The van der Waals surface area contributed by atoms with Gasteiger partial charge in [0.2, 0.25) is 0 Å². The standard InChI is InChI=1S/C21H14ClNO5/c22-13-9-7-12(8-10-13)19(25)17-18(16-6-3-11-28-16)23(21(27)20(17)26)14-4-1-2-5-15(14)24/h1-11,18,24-25H/b19-17-. The summed E-state index contributed by atoms with van der Waals surface area (Å²) in [7, 11) is 0. The number of Topliss-reactive ketones (excluding diaryl/α,β-unsaturated/α-hetero) is 1. The number of hydrogen-bond acceptors (Lipinski definition) is 5. The lowest BCUT2D eigenvalue weighted by Crippen LogP contribution is -2.29. The minimum Gasteiger partial charge on any atom is -0.507 e. The van der Waals surface area contributed by atoms with E-state index < -0.39 is 17.7 Å². The van der Waals surface area contributed by atoms with Crippen molar-refractivity contribution in [2.75, 3.05) is 4.90 Å². The molecule has 0 aliphatic carbocycles. The Bertz CT molecular complexity index is 1090. The average molecular weight is 396 g/mol. The number of hydrogen-bond donors (Lipinski definition) is 2. The van der Waals surface area contributed by atoms with Gasteiger partial charge in [-0.15, -0.1) is 0 Å². The molecule has 0 spiro atoms. The summed E-state index contributed by atoms with van der Waals surface area (Å²) in [6.45, 7) is 0. The molecule has 0 bridgehead atoms. The van der Waals surface area contributed by atoms with E-state index in [0.29, 0.717) is 10.6 Å². The summed E-state index contributed by atoms with van der Waals surface area (Å²) >= 11 is 5.89. The summed E-state index contributed by atoms with van der Waals surface area (Å²) in [5, 5.41) is 21.5. The van der Waals surface area contributed by atoms with Gasteiger partial charge in [0, 0.05) is 10.6 Å². The van der Waals surface area contributed by atoms with Crippen molar-refractivity contribution in [2.24, 2.45) is 0 Å². The van der Waals surface area contributed by atoms with E-state index in [2.05, 4.69) is 0 Å². The number of amides is 1. The van der Waals surface area contributed by atoms with Gasteiger partial charge in [-0.2, -0.15) is 0 Å². The van der Waals surface area contributed by atoms with Crippen LogP contribution in [0.5, 0.6) is 5.75 Å². The minimum absolute atomic E-state index is 0.134. The zero-order valence-corrected chi connectivity index (χ0v) is 15.1. The maximum atomic E-state index is 12.8. The zero-order valence-electron chi connectivity index (χ0n) is 14.4. The molecule has 4 rings (SSSR count). The Labute approximate surface area is 164 Å². The highest BCUT2D eigenvalue weighted by Crippen LogP contribution is 2.44. The van der Waals surface area contributed by atoms with E-state index in [1.807, 2.05) is 0 Å². The quantitative estimate of drug-likeness (QED) is 0.392. The van der Waals surface area contributed by atoms with Crippen LogP contribution in [0.15, 0.2) is 76.9 Å². The van der Waals surface area contributed by atoms with Crippen LogP contribution in [0.3, 0.4) is 0 Å². The van der Waals surface area contributed by atoms with E-state index in [0.717, 1.165) is 4.90 Å². The van der Waals surface area contributed by atoms with E-state index in [9.17, 15) is 19.8 Å². The van der Waals surface area contributed by atoms with Gasteiger partial charge in [-0.05, 0) is 48.5 Å². The molecule has 28 heavy (non-hydrogen) atoms. The van der Waals surface area contributed by atoms with Crippen molar-refractivity contribution in [1.29, 1.82) is 0 Å². The number of para-hydroxylation sites is 2. The van der Waals surface area contributed by atoms with Crippen LogP contribution in [0.2, 0.25) is 5.02 Å². The smallest absolute Gasteiger partial charge is 0.300 e. The first-order valence-electron chi connectivity index (χ1n) is 8.37. The molecule has 1 atom stereocenters. The monoisotopic (exact) mass is 395 g/mol. The van der Waals surface area contributed by atoms with Crippen molar-refractivity contribution in [1.82, 2.24) is 0 Å². The molecule has 7 heteroatoms. The largest absolute Gasteiger partial charge is 0.507 e. The first-order valence-corrected chi connectivity index (χ1v) is 8.75. The topological polar surface area (TPSA) is 91.0 Å². The van der Waals surface area contributed by atoms with E-state index >= 15 is 0 Å². The Morgan fingerprint density at radius 3 is 2.36 bits per heavy atom. The summed E-state index contributed by atoms with van der Waals surface area (Å²) in [4.78, 5) is 26.8. The highest BCUT2D eigenvalue weighted by molar-refractivity contribution is 6.51. The molecular formula is C21H14ClNO5. The third kappa shape index (κ3) is 2.84. The molecule has 1 saturated heterocycles. The van der Waals surface area contributed by atoms with Gasteiger partial charge in [0.15, 0.2) is 0 Å². The number of carbonyl (C=O) groups excluding carboxylic acids is 2. The summed E-state index contributed by atoms with van der Waals surface area (Å²) < 4.78 is 5.45. The van der Waals surface area contributed by atoms with Gasteiger partial charge in [0.25, 0.3) is 11.7 Å².